The molecule has 0 N–H and O–H groups in total. The largest absolute Gasteiger partial charge is 0.452 e. The number of furan rings is 1. The molecule has 1 aromatic heterocycles. The second-order valence-corrected chi connectivity index (χ2v) is 8.33. The van der Waals surface area contributed by atoms with E-state index in [2.05, 4.69) is 6.92 Å². The third kappa shape index (κ3) is 4.10. The highest BCUT2D eigenvalue weighted by Crippen LogP contribution is 2.37. The van der Waals surface area contributed by atoms with Gasteiger partial charge in [-0.05, 0) is 80.5 Å². The molecule has 152 valence electrons. The van der Waals surface area contributed by atoms with Gasteiger partial charge in [-0.15, -0.1) is 0 Å². The molecule has 0 aliphatic carbocycles. The van der Waals surface area contributed by atoms with E-state index in [0.29, 0.717) is 27.5 Å². The van der Waals surface area contributed by atoms with E-state index < -0.39 is 0 Å². The van der Waals surface area contributed by atoms with Gasteiger partial charge in [-0.1, -0.05) is 18.5 Å². The van der Waals surface area contributed by atoms with E-state index in [9.17, 15) is 9.18 Å². The van der Waals surface area contributed by atoms with E-state index in [1.165, 1.54) is 12.1 Å². The molecule has 2 aromatic carbocycles. The van der Waals surface area contributed by atoms with Crippen LogP contribution in [0.2, 0.25) is 5.02 Å². The van der Waals surface area contributed by atoms with E-state index >= 15 is 0 Å². The Morgan fingerprint density at radius 1 is 1.28 bits per heavy atom. The fraction of sp³-hybridized carbons (Fsp3) is 0.375. The second kappa shape index (κ2) is 8.29. The van der Waals surface area contributed by atoms with Gasteiger partial charge in [0, 0.05) is 28.1 Å². The average Bonchev–Trinajstić information content (AvgIpc) is 3.35. The second-order valence-electron chi connectivity index (χ2n) is 7.89. The van der Waals surface area contributed by atoms with Crippen molar-refractivity contribution in [3.05, 3.63) is 69.7 Å². The number of fused-ring (bicyclic) bond motifs is 1. The Hall–Kier alpha value is -2.17. The Morgan fingerprint density at radius 2 is 2.10 bits per heavy atom. The fourth-order valence-electron chi connectivity index (χ4n) is 4.12. The lowest BCUT2D eigenvalue weighted by molar-refractivity contribution is 0.1000. The van der Waals surface area contributed by atoms with E-state index in [0.717, 1.165) is 43.2 Å². The smallest absolute Gasteiger partial charge is 0.228 e. The number of hydrogen-bond donors (Lipinski definition) is 0. The van der Waals surface area contributed by atoms with Gasteiger partial charge in [0.2, 0.25) is 5.78 Å². The quantitative estimate of drug-likeness (QED) is 0.415. The highest BCUT2D eigenvalue weighted by Gasteiger charge is 2.27. The van der Waals surface area contributed by atoms with Crippen LogP contribution in [0.5, 0.6) is 0 Å². The zero-order chi connectivity index (χ0) is 20.5. The monoisotopic (exact) mass is 414 g/mol. The lowest BCUT2D eigenvalue weighted by Gasteiger charge is -2.15. The maximum atomic E-state index is 13.7. The summed E-state index contributed by atoms with van der Waals surface area (Å²) in [5.74, 6) is -0.157. The molecule has 4 rings (SSSR count). The molecule has 2 heterocycles. The summed E-state index contributed by atoms with van der Waals surface area (Å²) < 4.78 is 25.4. The number of ether oxygens (including phenoxy) is 1. The minimum Gasteiger partial charge on any atom is -0.452 e. The number of aryl methyl sites for hydroxylation is 1. The molecule has 1 aliphatic heterocycles. The van der Waals surface area contributed by atoms with Gasteiger partial charge in [0.15, 0.2) is 5.76 Å². The summed E-state index contributed by atoms with van der Waals surface area (Å²) >= 11 is 6.23. The highest BCUT2D eigenvalue weighted by molar-refractivity contribution is 6.31. The lowest BCUT2D eigenvalue weighted by Crippen LogP contribution is -2.09. The number of carbonyl (C=O) groups is 1. The zero-order valence-corrected chi connectivity index (χ0v) is 17.4. The van der Waals surface area contributed by atoms with Crippen LogP contribution in [0.3, 0.4) is 0 Å². The highest BCUT2D eigenvalue weighted by atomic mass is 35.5. The van der Waals surface area contributed by atoms with Gasteiger partial charge in [-0.2, -0.15) is 0 Å². The number of hydrogen-bond acceptors (Lipinski definition) is 3. The predicted molar refractivity (Wildman–Crippen MR) is 112 cm³/mol. The molecule has 0 radical (unpaired) electrons. The Labute approximate surface area is 174 Å². The molecule has 1 aliphatic rings. The van der Waals surface area contributed by atoms with Gasteiger partial charge in [-0.25, -0.2) is 4.39 Å². The average molecular weight is 415 g/mol. The number of carbonyl (C=O) groups excluding carboxylic acids is 1. The van der Waals surface area contributed by atoms with Crippen molar-refractivity contribution in [1.29, 1.82) is 0 Å². The zero-order valence-electron chi connectivity index (χ0n) is 16.6. The first-order valence-electron chi connectivity index (χ1n) is 10.1. The van der Waals surface area contributed by atoms with Crippen molar-refractivity contribution in [2.45, 2.75) is 51.6 Å². The van der Waals surface area contributed by atoms with Crippen LogP contribution in [0, 0.1) is 12.7 Å². The summed E-state index contributed by atoms with van der Waals surface area (Å²) in [7, 11) is 0. The normalized spacial score (nSPS) is 17.7. The first-order valence-corrected chi connectivity index (χ1v) is 10.5. The number of halogens is 2. The van der Waals surface area contributed by atoms with Crippen LogP contribution in [0.25, 0.3) is 11.0 Å². The molecule has 0 spiro atoms. The standard InChI is InChI=1S/C24H24ClFO3/c1-14(5-8-18-4-3-11-28-18)22-19-13-17(25)7-10-21(19)29-24(22)23(27)16-6-9-20(26)15(2)12-16/h6-7,9-10,12-14,18H,3-5,8,11H2,1-2H3. The van der Waals surface area contributed by atoms with E-state index in [4.69, 9.17) is 20.8 Å². The molecule has 2 atom stereocenters. The first-order chi connectivity index (χ1) is 13.9. The number of ketones is 1. The van der Waals surface area contributed by atoms with E-state index in [-0.39, 0.29) is 23.6 Å². The third-order valence-electron chi connectivity index (χ3n) is 5.75. The van der Waals surface area contributed by atoms with Gasteiger partial charge >= 0.3 is 0 Å². The fourth-order valence-corrected chi connectivity index (χ4v) is 4.29. The maximum absolute atomic E-state index is 13.7. The molecule has 3 nitrogen and oxygen atoms in total. The van der Waals surface area contributed by atoms with Crippen LogP contribution < -0.4 is 0 Å². The molecule has 1 fully saturated rings. The molecule has 2 unspecified atom stereocenters. The van der Waals surface area contributed by atoms with Crippen LogP contribution in [0.15, 0.2) is 40.8 Å². The molecule has 0 amide bonds. The van der Waals surface area contributed by atoms with Crippen LogP contribution in [0.4, 0.5) is 4.39 Å². The van der Waals surface area contributed by atoms with Crippen molar-refractivity contribution in [1.82, 2.24) is 0 Å². The topological polar surface area (TPSA) is 39.4 Å². The van der Waals surface area contributed by atoms with Gasteiger partial charge in [-0.3, -0.25) is 4.79 Å². The van der Waals surface area contributed by atoms with Gasteiger partial charge in [0.05, 0.1) is 6.10 Å². The van der Waals surface area contributed by atoms with E-state index in [1.807, 2.05) is 6.07 Å². The number of benzene rings is 2. The summed E-state index contributed by atoms with van der Waals surface area (Å²) in [6.45, 7) is 4.58. The predicted octanol–water partition coefficient (Wildman–Crippen LogP) is 6.83. The molecule has 0 bridgehead atoms. The molecule has 5 heteroatoms. The van der Waals surface area contributed by atoms with Crippen LogP contribution >= 0.6 is 11.6 Å². The molecular formula is C24H24ClFO3. The van der Waals surface area contributed by atoms with Crippen molar-refractivity contribution in [3.63, 3.8) is 0 Å². The summed E-state index contributed by atoms with van der Waals surface area (Å²) in [5, 5.41) is 1.46. The van der Waals surface area contributed by atoms with E-state index in [1.54, 1.807) is 25.1 Å². The maximum Gasteiger partial charge on any atom is 0.228 e. The minimum absolute atomic E-state index is 0.0967. The summed E-state index contributed by atoms with van der Waals surface area (Å²) in [4.78, 5) is 13.3. The van der Waals surface area contributed by atoms with Crippen LogP contribution in [-0.4, -0.2) is 18.5 Å². The Bertz CT molecular complexity index is 1050. The molecule has 29 heavy (non-hydrogen) atoms. The Balaban J connectivity index is 1.73. The molecule has 1 saturated heterocycles. The van der Waals surface area contributed by atoms with Gasteiger partial charge in [0.1, 0.15) is 11.4 Å². The summed E-state index contributed by atoms with van der Waals surface area (Å²) in [6, 6.07) is 9.79. The van der Waals surface area contributed by atoms with Gasteiger partial charge < -0.3 is 9.15 Å². The first kappa shape index (κ1) is 20.1. The van der Waals surface area contributed by atoms with Crippen LogP contribution in [-0.2, 0) is 4.74 Å². The minimum atomic E-state index is -0.330. The third-order valence-corrected chi connectivity index (χ3v) is 5.99. The number of rotatable bonds is 6. The van der Waals surface area contributed by atoms with Crippen molar-refractivity contribution < 1.29 is 18.3 Å². The molecule has 3 aromatic rings. The van der Waals surface area contributed by atoms with Crippen molar-refractivity contribution in [3.8, 4) is 0 Å². The van der Waals surface area contributed by atoms with Crippen molar-refractivity contribution in [2.75, 3.05) is 6.61 Å². The summed E-state index contributed by atoms with van der Waals surface area (Å²) in [6.07, 6.45) is 4.31. The Kier molecular flexibility index (Phi) is 5.75. The summed E-state index contributed by atoms with van der Waals surface area (Å²) in [5.41, 5.74) is 2.35. The molecular weight excluding hydrogens is 391 g/mol. The Morgan fingerprint density at radius 3 is 2.83 bits per heavy atom. The van der Waals surface area contributed by atoms with Crippen molar-refractivity contribution in [2.24, 2.45) is 0 Å². The molecule has 0 saturated carbocycles. The van der Waals surface area contributed by atoms with Gasteiger partial charge in [0.25, 0.3) is 0 Å². The lowest BCUT2D eigenvalue weighted by atomic mass is 9.90. The SMILES string of the molecule is Cc1cc(C(=O)c2oc3ccc(Cl)cc3c2C(C)CCC2CCCO2)ccc1F. The van der Waals surface area contributed by atoms with Crippen molar-refractivity contribution >= 4 is 28.4 Å². The van der Waals surface area contributed by atoms with Crippen LogP contribution in [0.1, 0.15) is 65.8 Å².